The van der Waals surface area contributed by atoms with Crippen LogP contribution in [0.1, 0.15) is 29.8 Å². The van der Waals surface area contributed by atoms with Gasteiger partial charge in [0.2, 0.25) is 0 Å². The van der Waals surface area contributed by atoms with Crippen molar-refractivity contribution < 1.29 is 13.2 Å². The van der Waals surface area contributed by atoms with Crippen molar-refractivity contribution in [1.29, 1.82) is 0 Å². The number of nitrogens with zero attached hydrogens (tertiary/aromatic N) is 1. The fourth-order valence-corrected chi connectivity index (χ4v) is 4.20. The molecule has 1 amide bonds. The second-order valence-corrected chi connectivity index (χ2v) is 9.84. The Hall–Kier alpha value is -2.51. The number of amides is 1. The number of aromatic nitrogens is 1. The number of nitrogens with one attached hydrogen (secondary N) is 1. The summed E-state index contributed by atoms with van der Waals surface area (Å²) in [6.45, 7) is 5.28. The minimum atomic E-state index is -3.35. The molecule has 27 heavy (non-hydrogen) atoms. The van der Waals surface area contributed by atoms with Gasteiger partial charge in [-0.05, 0) is 45.0 Å². The van der Waals surface area contributed by atoms with E-state index in [4.69, 9.17) is 0 Å². The molecule has 0 bridgehead atoms. The molecule has 3 aromatic rings. The van der Waals surface area contributed by atoms with E-state index in [-0.39, 0.29) is 10.8 Å². The molecule has 0 saturated carbocycles. The standard InChI is InChI=1S/C20H20N2O3S2/c1-13(2)27(24,25)17-10-8-16(9-11-17)19(23)22-20-21-18(12-26-20)15-6-4-14(3)5-7-15/h4-13H,1-3H3,(H,21,22,23). The van der Waals surface area contributed by atoms with Crippen LogP contribution >= 0.6 is 11.3 Å². The minimum Gasteiger partial charge on any atom is -0.298 e. The molecule has 140 valence electrons. The van der Waals surface area contributed by atoms with Crippen LogP contribution in [-0.2, 0) is 9.84 Å². The van der Waals surface area contributed by atoms with Gasteiger partial charge in [0.25, 0.3) is 5.91 Å². The van der Waals surface area contributed by atoms with Gasteiger partial charge in [0, 0.05) is 16.5 Å². The van der Waals surface area contributed by atoms with E-state index < -0.39 is 15.1 Å². The summed E-state index contributed by atoms with van der Waals surface area (Å²) in [5, 5.41) is 4.64. The van der Waals surface area contributed by atoms with E-state index in [0.29, 0.717) is 10.7 Å². The van der Waals surface area contributed by atoms with E-state index in [2.05, 4.69) is 10.3 Å². The van der Waals surface area contributed by atoms with Crippen molar-refractivity contribution >= 4 is 32.2 Å². The molecule has 2 aromatic carbocycles. The van der Waals surface area contributed by atoms with Gasteiger partial charge in [-0.15, -0.1) is 11.3 Å². The molecule has 1 N–H and O–H groups in total. The van der Waals surface area contributed by atoms with Gasteiger partial charge in [-0.2, -0.15) is 0 Å². The zero-order chi connectivity index (χ0) is 19.6. The van der Waals surface area contributed by atoms with Gasteiger partial charge in [0.05, 0.1) is 15.8 Å². The van der Waals surface area contributed by atoms with Crippen LogP contribution in [0.4, 0.5) is 5.13 Å². The maximum atomic E-state index is 12.4. The van der Waals surface area contributed by atoms with Gasteiger partial charge >= 0.3 is 0 Å². The first-order chi connectivity index (χ1) is 12.8. The number of benzene rings is 2. The lowest BCUT2D eigenvalue weighted by Crippen LogP contribution is -2.15. The first-order valence-electron chi connectivity index (χ1n) is 8.45. The first kappa shape index (κ1) is 19.3. The molecule has 7 heteroatoms. The van der Waals surface area contributed by atoms with E-state index in [1.807, 2.05) is 36.6 Å². The molecule has 0 fully saturated rings. The zero-order valence-corrected chi connectivity index (χ0v) is 16.9. The van der Waals surface area contributed by atoms with Crippen LogP contribution in [0.15, 0.2) is 58.8 Å². The molecule has 0 aliphatic rings. The number of carbonyl (C=O) groups is 1. The van der Waals surface area contributed by atoms with E-state index >= 15 is 0 Å². The highest BCUT2D eigenvalue weighted by molar-refractivity contribution is 7.92. The predicted molar refractivity (Wildman–Crippen MR) is 109 cm³/mol. The summed E-state index contributed by atoms with van der Waals surface area (Å²) in [4.78, 5) is 17.1. The molecule has 5 nitrogen and oxygen atoms in total. The highest BCUT2D eigenvalue weighted by Gasteiger charge is 2.19. The highest BCUT2D eigenvalue weighted by Crippen LogP contribution is 2.25. The lowest BCUT2D eigenvalue weighted by molar-refractivity contribution is 0.102. The van der Waals surface area contributed by atoms with Crippen LogP contribution in [0.5, 0.6) is 0 Å². The topological polar surface area (TPSA) is 76.1 Å². The van der Waals surface area contributed by atoms with Crippen molar-refractivity contribution in [3.63, 3.8) is 0 Å². The fourth-order valence-electron chi connectivity index (χ4n) is 2.43. The summed E-state index contributed by atoms with van der Waals surface area (Å²) in [6.07, 6.45) is 0. The Balaban J connectivity index is 1.73. The molecule has 3 rings (SSSR count). The number of carbonyl (C=O) groups excluding carboxylic acids is 1. The van der Waals surface area contributed by atoms with Gasteiger partial charge in [-0.25, -0.2) is 13.4 Å². The third-order valence-corrected chi connectivity index (χ3v) is 7.07. The fraction of sp³-hybridized carbons (Fsp3) is 0.200. The number of thiazole rings is 1. The van der Waals surface area contributed by atoms with Gasteiger partial charge in [-0.1, -0.05) is 29.8 Å². The molecule has 0 aliphatic carbocycles. The SMILES string of the molecule is Cc1ccc(-c2csc(NC(=O)c3ccc(S(=O)(=O)C(C)C)cc3)n2)cc1. The Bertz CT molecular complexity index is 1050. The summed E-state index contributed by atoms with van der Waals surface area (Å²) in [7, 11) is -3.35. The van der Waals surface area contributed by atoms with Crippen molar-refractivity contribution in [3.8, 4) is 11.3 Å². The molecule has 0 unspecified atom stereocenters. The molecule has 0 spiro atoms. The largest absolute Gasteiger partial charge is 0.298 e. The minimum absolute atomic E-state index is 0.213. The Kier molecular flexibility index (Phi) is 5.43. The number of hydrogen-bond acceptors (Lipinski definition) is 5. The third kappa shape index (κ3) is 4.26. The quantitative estimate of drug-likeness (QED) is 0.681. The molecule has 0 atom stereocenters. The van der Waals surface area contributed by atoms with Crippen molar-refractivity contribution in [2.45, 2.75) is 30.9 Å². The van der Waals surface area contributed by atoms with Crippen LogP contribution in [0.25, 0.3) is 11.3 Å². The number of anilines is 1. The molecule has 0 radical (unpaired) electrons. The van der Waals surface area contributed by atoms with Crippen molar-refractivity contribution in [1.82, 2.24) is 4.98 Å². The molecule has 1 aromatic heterocycles. The Morgan fingerprint density at radius 2 is 1.67 bits per heavy atom. The van der Waals surface area contributed by atoms with E-state index in [1.165, 1.54) is 41.2 Å². The Morgan fingerprint density at radius 1 is 1.04 bits per heavy atom. The molecule has 1 heterocycles. The van der Waals surface area contributed by atoms with Crippen molar-refractivity contribution in [2.24, 2.45) is 0 Å². The van der Waals surface area contributed by atoms with Gasteiger partial charge < -0.3 is 0 Å². The van der Waals surface area contributed by atoms with Crippen LogP contribution in [0.2, 0.25) is 0 Å². The number of aryl methyl sites for hydroxylation is 1. The first-order valence-corrected chi connectivity index (χ1v) is 10.9. The summed E-state index contributed by atoms with van der Waals surface area (Å²) >= 11 is 1.34. The third-order valence-electron chi connectivity index (χ3n) is 4.14. The highest BCUT2D eigenvalue weighted by atomic mass is 32.2. The predicted octanol–water partition coefficient (Wildman–Crippen LogP) is 4.55. The normalized spacial score (nSPS) is 11.6. The average Bonchev–Trinajstić information content (AvgIpc) is 3.10. The second kappa shape index (κ2) is 7.62. The monoisotopic (exact) mass is 400 g/mol. The number of hydrogen-bond donors (Lipinski definition) is 1. The van der Waals surface area contributed by atoms with Crippen molar-refractivity contribution in [3.05, 3.63) is 65.0 Å². The summed E-state index contributed by atoms with van der Waals surface area (Å²) < 4.78 is 24.3. The lowest BCUT2D eigenvalue weighted by Gasteiger charge is -2.08. The lowest BCUT2D eigenvalue weighted by atomic mass is 10.1. The summed E-state index contributed by atoms with van der Waals surface area (Å²) in [5.74, 6) is -0.326. The van der Waals surface area contributed by atoms with Crippen LogP contribution in [0.3, 0.4) is 0 Å². The molecular weight excluding hydrogens is 380 g/mol. The van der Waals surface area contributed by atoms with E-state index in [0.717, 1.165) is 11.3 Å². The second-order valence-electron chi connectivity index (χ2n) is 6.48. The Labute approximate surface area is 163 Å². The maximum Gasteiger partial charge on any atom is 0.257 e. The summed E-state index contributed by atoms with van der Waals surface area (Å²) in [5.41, 5.74) is 3.34. The van der Waals surface area contributed by atoms with E-state index in [1.54, 1.807) is 13.8 Å². The zero-order valence-electron chi connectivity index (χ0n) is 15.3. The smallest absolute Gasteiger partial charge is 0.257 e. The van der Waals surface area contributed by atoms with Gasteiger partial charge in [0.1, 0.15) is 0 Å². The van der Waals surface area contributed by atoms with Gasteiger partial charge in [-0.3, -0.25) is 10.1 Å². The molecular formula is C20H20N2O3S2. The summed E-state index contributed by atoms with van der Waals surface area (Å²) in [6, 6.07) is 14.0. The maximum absolute atomic E-state index is 12.4. The Morgan fingerprint density at radius 3 is 2.26 bits per heavy atom. The number of rotatable bonds is 5. The van der Waals surface area contributed by atoms with Crippen LogP contribution in [-0.4, -0.2) is 24.6 Å². The van der Waals surface area contributed by atoms with Crippen molar-refractivity contribution in [2.75, 3.05) is 5.32 Å². The molecule has 0 aliphatic heterocycles. The molecule has 0 saturated heterocycles. The van der Waals surface area contributed by atoms with Gasteiger partial charge in [0.15, 0.2) is 15.0 Å². The van der Waals surface area contributed by atoms with E-state index in [9.17, 15) is 13.2 Å². The average molecular weight is 401 g/mol. The van der Waals surface area contributed by atoms with Crippen LogP contribution < -0.4 is 5.32 Å². The number of sulfone groups is 1. The van der Waals surface area contributed by atoms with Crippen LogP contribution in [0, 0.1) is 6.92 Å².